The van der Waals surface area contributed by atoms with Gasteiger partial charge in [-0.1, -0.05) is 53.4 Å². The third-order valence-electron chi connectivity index (χ3n) is 9.85. The summed E-state index contributed by atoms with van der Waals surface area (Å²) >= 11 is 0. The Morgan fingerprint density at radius 3 is 1.02 bits per heavy atom. The molecule has 0 amide bonds. The van der Waals surface area contributed by atoms with Crippen molar-refractivity contribution in [1.29, 1.82) is 0 Å². The zero-order chi connectivity index (χ0) is 33.3. The lowest BCUT2D eigenvalue weighted by Crippen LogP contribution is -2.05. The fourth-order valence-electron chi connectivity index (χ4n) is 8.05. The second-order valence-corrected chi connectivity index (χ2v) is 13.4. The average Bonchev–Trinajstić information content (AvgIpc) is 3.69. The molecule has 0 saturated heterocycles. The Bertz CT molecular complexity index is 1790. The molecule has 0 unspecified atom stereocenters. The molecule has 1 aliphatic rings. The standard InChI is InChI=1S/C39H52N4O3/c1-9-13-25-21(5)29-17-34-37(22(6)44)27(15-11-3)32(42-34)19-36-39(24(8)46)28(16-12-4)33(43-36)20-35-38(23(7)45)26(14-10-2)31(41-35)18-30(25)40-29/h40-43H,9-20H2,1-8H3. The highest BCUT2D eigenvalue weighted by Crippen LogP contribution is 2.34. The number of hydrogen-bond acceptors (Lipinski definition) is 3. The van der Waals surface area contributed by atoms with Crippen LogP contribution in [0, 0.1) is 6.92 Å². The van der Waals surface area contributed by atoms with Crippen LogP contribution in [0.2, 0.25) is 0 Å². The fraction of sp³-hybridized carbons (Fsp3) is 0.513. The van der Waals surface area contributed by atoms with Gasteiger partial charge >= 0.3 is 0 Å². The lowest BCUT2D eigenvalue weighted by atomic mass is 9.94. The third kappa shape index (κ3) is 6.13. The van der Waals surface area contributed by atoms with E-state index < -0.39 is 0 Å². The van der Waals surface area contributed by atoms with Crippen molar-refractivity contribution in [1.82, 2.24) is 19.9 Å². The summed E-state index contributed by atoms with van der Waals surface area (Å²) in [5.74, 6) is 0.186. The predicted molar refractivity (Wildman–Crippen MR) is 185 cm³/mol. The molecule has 0 radical (unpaired) electrons. The minimum atomic E-state index is 0.0396. The van der Waals surface area contributed by atoms with Crippen LogP contribution >= 0.6 is 0 Å². The molecule has 7 nitrogen and oxygen atoms in total. The first kappa shape index (κ1) is 33.5. The van der Waals surface area contributed by atoms with Gasteiger partial charge in [0.15, 0.2) is 17.3 Å². The quantitative estimate of drug-likeness (QED) is 0.111. The molecule has 0 spiro atoms. The third-order valence-corrected chi connectivity index (χ3v) is 9.85. The summed E-state index contributed by atoms with van der Waals surface area (Å²) in [7, 11) is 0. The van der Waals surface area contributed by atoms with E-state index in [9.17, 15) is 14.4 Å². The smallest absolute Gasteiger partial charge is 0.161 e. The minimum Gasteiger partial charge on any atom is -0.361 e. The Balaban J connectivity index is 1.84. The number of ketones is 3. The number of carbonyl (C=O) groups is 3. The fourth-order valence-corrected chi connectivity index (χ4v) is 8.05. The highest BCUT2D eigenvalue weighted by atomic mass is 16.1. The molecule has 5 heterocycles. The van der Waals surface area contributed by atoms with Crippen LogP contribution in [0.25, 0.3) is 0 Å². The van der Waals surface area contributed by atoms with Crippen molar-refractivity contribution in [3.05, 3.63) is 90.1 Å². The maximum atomic E-state index is 13.3. The lowest BCUT2D eigenvalue weighted by Gasteiger charge is -2.08. The van der Waals surface area contributed by atoms with Gasteiger partial charge in [-0.25, -0.2) is 0 Å². The van der Waals surface area contributed by atoms with Gasteiger partial charge in [0.1, 0.15) is 0 Å². The molecule has 8 bridgehead atoms. The second kappa shape index (κ2) is 13.9. The van der Waals surface area contributed by atoms with E-state index in [1.807, 2.05) is 0 Å². The van der Waals surface area contributed by atoms with Crippen LogP contribution in [0.3, 0.4) is 0 Å². The molecule has 7 heteroatoms. The van der Waals surface area contributed by atoms with E-state index in [-0.39, 0.29) is 17.3 Å². The Morgan fingerprint density at radius 2 is 0.696 bits per heavy atom. The minimum absolute atomic E-state index is 0.0396. The number of nitrogens with one attached hydrogen (secondary N) is 4. The van der Waals surface area contributed by atoms with E-state index in [0.29, 0.717) is 25.7 Å². The maximum absolute atomic E-state index is 13.3. The SMILES string of the molecule is CCCc1c2[nH]c(c1C)Cc1[nH]c(c(CCC)c1C(C)=O)Cc1[nH]c(c(CCC)c1C(C)=O)Cc1[nH]c(c(CCC)c1C(C)=O)C2. The van der Waals surface area contributed by atoms with Crippen LogP contribution in [0.4, 0.5) is 0 Å². The van der Waals surface area contributed by atoms with Crippen molar-refractivity contribution in [2.75, 3.05) is 0 Å². The molecule has 4 aromatic heterocycles. The van der Waals surface area contributed by atoms with Crippen molar-refractivity contribution in [2.45, 2.75) is 132 Å². The molecule has 0 aromatic carbocycles. The van der Waals surface area contributed by atoms with Crippen LogP contribution in [0.15, 0.2) is 0 Å². The molecule has 0 saturated carbocycles. The zero-order valence-electron chi connectivity index (χ0n) is 29.2. The maximum Gasteiger partial charge on any atom is 0.161 e. The molecule has 46 heavy (non-hydrogen) atoms. The highest BCUT2D eigenvalue weighted by Gasteiger charge is 2.29. The summed E-state index contributed by atoms with van der Waals surface area (Å²) in [5, 5.41) is 0. The average molecular weight is 625 g/mol. The predicted octanol–water partition coefficient (Wildman–Crippen LogP) is 8.40. The van der Waals surface area contributed by atoms with Crippen LogP contribution in [0.5, 0.6) is 0 Å². The van der Waals surface area contributed by atoms with Crippen molar-refractivity contribution in [3.63, 3.8) is 0 Å². The van der Waals surface area contributed by atoms with Gasteiger partial charge in [-0.05, 0) is 81.2 Å². The number of aromatic nitrogens is 4. The first-order valence-electron chi connectivity index (χ1n) is 17.4. The van der Waals surface area contributed by atoms with E-state index in [1.165, 1.54) is 16.8 Å². The number of aromatic amines is 4. The topological polar surface area (TPSA) is 114 Å². The number of fused-ring (bicyclic) bond motifs is 8. The molecule has 5 rings (SSSR count). The summed E-state index contributed by atoms with van der Waals surface area (Å²) in [6.07, 6.45) is 9.43. The van der Waals surface area contributed by atoms with Gasteiger partial charge in [-0.3, -0.25) is 14.4 Å². The Morgan fingerprint density at radius 1 is 0.435 bits per heavy atom. The van der Waals surface area contributed by atoms with Gasteiger partial charge in [0.25, 0.3) is 0 Å². The van der Waals surface area contributed by atoms with E-state index in [1.54, 1.807) is 20.8 Å². The monoisotopic (exact) mass is 624 g/mol. The van der Waals surface area contributed by atoms with Crippen molar-refractivity contribution in [2.24, 2.45) is 0 Å². The molecule has 0 fully saturated rings. The largest absolute Gasteiger partial charge is 0.361 e. The summed E-state index contributed by atoms with van der Waals surface area (Å²) in [5.41, 5.74) is 16.3. The van der Waals surface area contributed by atoms with Crippen molar-refractivity contribution >= 4 is 17.3 Å². The molecule has 1 aliphatic heterocycles. The molecule has 4 aromatic rings. The number of carbonyl (C=O) groups excluding carboxylic acids is 3. The normalized spacial score (nSPS) is 13.0. The summed E-state index contributed by atoms with van der Waals surface area (Å²) in [6.45, 7) is 15.9. The molecule has 0 aliphatic carbocycles. The van der Waals surface area contributed by atoms with Gasteiger partial charge in [0.2, 0.25) is 0 Å². The van der Waals surface area contributed by atoms with Crippen LogP contribution in [-0.2, 0) is 51.4 Å². The van der Waals surface area contributed by atoms with Gasteiger partial charge in [0, 0.05) is 87.9 Å². The number of rotatable bonds is 11. The molecule has 4 N–H and O–H groups in total. The van der Waals surface area contributed by atoms with E-state index >= 15 is 0 Å². The van der Waals surface area contributed by atoms with Crippen LogP contribution in [-0.4, -0.2) is 37.3 Å². The van der Waals surface area contributed by atoms with Crippen molar-refractivity contribution in [3.8, 4) is 0 Å². The van der Waals surface area contributed by atoms with Gasteiger partial charge in [-0.2, -0.15) is 0 Å². The number of Topliss-reactive ketones (excluding diaryl/α,β-unsaturated/α-hetero) is 3. The summed E-state index contributed by atoms with van der Waals surface area (Å²) < 4.78 is 0. The molecule has 0 atom stereocenters. The second-order valence-electron chi connectivity index (χ2n) is 13.4. The number of H-pyrrole nitrogens is 4. The summed E-state index contributed by atoms with van der Waals surface area (Å²) in [6, 6.07) is 0. The first-order valence-corrected chi connectivity index (χ1v) is 17.4. The Hall–Kier alpha value is -3.87. The van der Waals surface area contributed by atoms with E-state index in [0.717, 1.165) is 125 Å². The molecule has 246 valence electrons. The van der Waals surface area contributed by atoms with Crippen LogP contribution < -0.4 is 0 Å². The first-order chi connectivity index (χ1) is 22.0. The van der Waals surface area contributed by atoms with Gasteiger partial charge < -0.3 is 19.9 Å². The number of hydrogen-bond donors (Lipinski definition) is 4. The van der Waals surface area contributed by atoms with Crippen LogP contribution in [0.1, 0.15) is 179 Å². The van der Waals surface area contributed by atoms with E-state index in [4.69, 9.17) is 0 Å². The van der Waals surface area contributed by atoms with Gasteiger partial charge in [0.05, 0.1) is 0 Å². The molecular formula is C39H52N4O3. The highest BCUT2D eigenvalue weighted by molar-refractivity contribution is 5.99. The van der Waals surface area contributed by atoms with Gasteiger partial charge in [-0.15, -0.1) is 0 Å². The van der Waals surface area contributed by atoms with Crippen molar-refractivity contribution < 1.29 is 14.4 Å². The van der Waals surface area contributed by atoms with E-state index in [2.05, 4.69) is 54.6 Å². The zero-order valence-corrected chi connectivity index (χ0v) is 29.2. The lowest BCUT2D eigenvalue weighted by molar-refractivity contribution is 0.100. The Kier molecular flexibility index (Phi) is 10.1. The molecular weight excluding hydrogens is 572 g/mol. The summed E-state index contributed by atoms with van der Waals surface area (Å²) in [4.78, 5) is 54.9. The Labute approximate surface area is 273 Å².